The quantitative estimate of drug-likeness (QED) is 0.574. The number of anilines is 2. The minimum absolute atomic E-state index is 0.0147. The molecule has 0 aliphatic carbocycles. The summed E-state index contributed by atoms with van der Waals surface area (Å²) in [7, 11) is 0. The van der Waals surface area contributed by atoms with Gasteiger partial charge < -0.3 is 9.84 Å². The second kappa shape index (κ2) is 5.48. The van der Waals surface area contributed by atoms with Crippen molar-refractivity contribution in [2.75, 3.05) is 5.32 Å². The first kappa shape index (κ1) is 14.6. The van der Waals surface area contributed by atoms with E-state index in [2.05, 4.69) is 25.5 Å². The van der Waals surface area contributed by atoms with E-state index >= 15 is 0 Å². The van der Waals surface area contributed by atoms with E-state index in [0.717, 1.165) is 11.4 Å². The molecule has 0 spiro atoms. The second-order valence-electron chi connectivity index (χ2n) is 4.94. The molecule has 0 amide bonds. The molecule has 1 N–H and O–H groups in total. The maximum absolute atomic E-state index is 11.5. The summed E-state index contributed by atoms with van der Waals surface area (Å²) in [4.78, 5) is 18.9. The number of nitro groups is 1. The Morgan fingerprint density at radius 2 is 2.04 bits per heavy atom. The van der Waals surface area contributed by atoms with Crippen molar-refractivity contribution in [1.29, 1.82) is 0 Å². The van der Waals surface area contributed by atoms with Gasteiger partial charge in [-0.05, 0) is 26.8 Å². The molecule has 3 aromatic heterocycles. The van der Waals surface area contributed by atoms with E-state index in [9.17, 15) is 10.1 Å². The monoisotopic (exact) mass is 315 g/mol. The zero-order chi connectivity index (χ0) is 16.6. The van der Waals surface area contributed by atoms with Crippen LogP contribution in [0, 0.1) is 30.9 Å². The van der Waals surface area contributed by atoms with E-state index in [1.807, 2.05) is 0 Å². The largest absolute Gasteiger partial charge is 0.360 e. The molecule has 0 aliphatic heterocycles. The molecule has 3 aromatic rings. The maximum Gasteiger partial charge on any atom is 0.356 e. The number of hydrogen-bond acceptors (Lipinski definition) is 8. The summed E-state index contributed by atoms with van der Waals surface area (Å²) in [6, 6.07) is 3.41. The summed E-state index contributed by atoms with van der Waals surface area (Å²) in [5.74, 6) is 0.991. The highest BCUT2D eigenvalue weighted by Gasteiger charge is 2.26. The van der Waals surface area contributed by atoms with Crippen molar-refractivity contribution < 1.29 is 9.45 Å². The second-order valence-corrected chi connectivity index (χ2v) is 4.94. The third-order valence-corrected chi connectivity index (χ3v) is 3.07. The molecule has 10 nitrogen and oxygen atoms in total. The lowest BCUT2D eigenvalue weighted by Gasteiger charge is -2.07. The molecule has 0 saturated carbocycles. The summed E-state index contributed by atoms with van der Waals surface area (Å²) >= 11 is 0. The van der Waals surface area contributed by atoms with Crippen molar-refractivity contribution in [2.45, 2.75) is 20.8 Å². The van der Waals surface area contributed by atoms with Gasteiger partial charge in [0.25, 0.3) is 0 Å². The molecular weight excluding hydrogens is 302 g/mol. The maximum atomic E-state index is 11.5. The van der Waals surface area contributed by atoms with Gasteiger partial charge in [-0.1, -0.05) is 5.16 Å². The molecule has 10 heteroatoms. The molecule has 0 aliphatic rings. The van der Waals surface area contributed by atoms with Crippen LogP contribution in [0.2, 0.25) is 0 Å². The molecule has 0 fully saturated rings. The van der Waals surface area contributed by atoms with E-state index in [1.165, 1.54) is 11.0 Å². The van der Waals surface area contributed by atoms with Crippen LogP contribution in [0.1, 0.15) is 17.1 Å². The summed E-state index contributed by atoms with van der Waals surface area (Å²) in [5, 5.41) is 22.3. The Bertz CT molecular complexity index is 884. The van der Waals surface area contributed by atoms with Crippen LogP contribution < -0.4 is 5.32 Å². The normalized spacial score (nSPS) is 10.7. The molecule has 0 radical (unpaired) electrons. The third kappa shape index (κ3) is 2.73. The fourth-order valence-corrected chi connectivity index (χ4v) is 2.17. The van der Waals surface area contributed by atoms with Crippen LogP contribution in [0.5, 0.6) is 0 Å². The predicted molar refractivity (Wildman–Crippen MR) is 79.8 cm³/mol. The fourth-order valence-electron chi connectivity index (χ4n) is 2.17. The van der Waals surface area contributed by atoms with Crippen LogP contribution in [0.4, 0.5) is 17.3 Å². The fraction of sp³-hybridized carbons (Fsp3) is 0.231. The van der Waals surface area contributed by atoms with Crippen molar-refractivity contribution in [3.8, 4) is 5.82 Å². The van der Waals surface area contributed by atoms with Crippen molar-refractivity contribution >= 4 is 17.3 Å². The van der Waals surface area contributed by atoms with Crippen LogP contribution in [0.25, 0.3) is 5.82 Å². The van der Waals surface area contributed by atoms with Gasteiger partial charge in [0.1, 0.15) is 12.1 Å². The standard InChI is InChI=1S/C13H13N7O3/c1-7-4-8(2)19(17-7)13-11(20(21)22)12(14-6-15-13)16-10-5-9(3)23-18-10/h4-6H,1-3H3,(H,14,15,16,18). The molecule has 118 valence electrons. The number of rotatable bonds is 4. The van der Waals surface area contributed by atoms with Gasteiger partial charge in [-0.15, -0.1) is 0 Å². The zero-order valence-corrected chi connectivity index (χ0v) is 12.6. The minimum Gasteiger partial charge on any atom is -0.360 e. The van der Waals surface area contributed by atoms with Crippen LogP contribution in [-0.4, -0.2) is 29.8 Å². The molecule has 0 aromatic carbocycles. The van der Waals surface area contributed by atoms with Crippen molar-refractivity contribution in [3.63, 3.8) is 0 Å². The lowest BCUT2D eigenvalue weighted by Crippen LogP contribution is -2.09. The van der Waals surface area contributed by atoms with E-state index in [0.29, 0.717) is 11.6 Å². The predicted octanol–water partition coefficient (Wildman–Crippen LogP) is 2.23. The Kier molecular flexibility index (Phi) is 3.48. The van der Waals surface area contributed by atoms with E-state index in [4.69, 9.17) is 4.52 Å². The number of nitrogens with one attached hydrogen (secondary N) is 1. The Balaban J connectivity index is 2.12. The first-order valence-corrected chi connectivity index (χ1v) is 6.69. The van der Waals surface area contributed by atoms with E-state index in [1.54, 1.807) is 32.9 Å². The molecule has 0 saturated heterocycles. The molecular formula is C13H13N7O3. The highest BCUT2D eigenvalue weighted by molar-refractivity contribution is 5.68. The lowest BCUT2D eigenvalue weighted by molar-refractivity contribution is -0.384. The molecule has 0 bridgehead atoms. The van der Waals surface area contributed by atoms with Gasteiger partial charge in [0.15, 0.2) is 5.82 Å². The van der Waals surface area contributed by atoms with Gasteiger partial charge in [0.05, 0.1) is 10.6 Å². The van der Waals surface area contributed by atoms with Crippen LogP contribution in [-0.2, 0) is 0 Å². The highest BCUT2D eigenvalue weighted by atomic mass is 16.6. The molecule has 0 atom stereocenters. The number of hydrogen-bond donors (Lipinski definition) is 1. The smallest absolute Gasteiger partial charge is 0.356 e. The Morgan fingerprint density at radius 1 is 1.26 bits per heavy atom. The molecule has 3 heterocycles. The van der Waals surface area contributed by atoms with Gasteiger partial charge in [0.2, 0.25) is 11.6 Å². The average molecular weight is 315 g/mol. The first-order chi connectivity index (χ1) is 11.0. The zero-order valence-electron chi connectivity index (χ0n) is 12.6. The Labute approximate surface area is 130 Å². The van der Waals surface area contributed by atoms with Gasteiger partial charge >= 0.3 is 5.69 Å². The SMILES string of the molecule is Cc1cc(C)n(-c2ncnc(Nc3cc(C)on3)c2[N+](=O)[O-])n1. The Hall–Kier alpha value is -3.30. The van der Waals surface area contributed by atoms with Crippen LogP contribution in [0.15, 0.2) is 23.0 Å². The lowest BCUT2D eigenvalue weighted by atomic mass is 10.4. The highest BCUT2D eigenvalue weighted by Crippen LogP contribution is 2.30. The average Bonchev–Trinajstić information content (AvgIpc) is 3.03. The minimum atomic E-state index is -0.555. The third-order valence-electron chi connectivity index (χ3n) is 3.07. The van der Waals surface area contributed by atoms with Crippen LogP contribution in [0.3, 0.4) is 0 Å². The Morgan fingerprint density at radius 3 is 2.61 bits per heavy atom. The first-order valence-electron chi connectivity index (χ1n) is 6.69. The van der Waals surface area contributed by atoms with E-state index < -0.39 is 4.92 Å². The van der Waals surface area contributed by atoms with Gasteiger partial charge in [-0.2, -0.15) is 5.10 Å². The number of nitrogens with zero attached hydrogens (tertiary/aromatic N) is 6. The van der Waals surface area contributed by atoms with Gasteiger partial charge in [-0.25, -0.2) is 14.6 Å². The van der Waals surface area contributed by atoms with E-state index in [-0.39, 0.29) is 17.3 Å². The summed E-state index contributed by atoms with van der Waals surface area (Å²) < 4.78 is 6.34. The molecule has 23 heavy (non-hydrogen) atoms. The van der Waals surface area contributed by atoms with Crippen LogP contribution >= 0.6 is 0 Å². The van der Waals surface area contributed by atoms with Gasteiger partial charge in [0, 0.05) is 11.8 Å². The number of aromatic nitrogens is 5. The molecule has 3 rings (SSSR count). The van der Waals surface area contributed by atoms with Crippen molar-refractivity contribution in [3.05, 3.63) is 45.7 Å². The summed E-state index contributed by atoms with van der Waals surface area (Å²) in [6.07, 6.45) is 1.23. The van der Waals surface area contributed by atoms with Gasteiger partial charge in [-0.3, -0.25) is 10.1 Å². The summed E-state index contributed by atoms with van der Waals surface area (Å²) in [5.41, 5.74) is 1.17. The topological polar surface area (TPSA) is 125 Å². The summed E-state index contributed by atoms with van der Waals surface area (Å²) in [6.45, 7) is 5.31. The number of aryl methyl sites for hydroxylation is 3. The van der Waals surface area contributed by atoms with Crippen molar-refractivity contribution in [1.82, 2.24) is 24.9 Å². The van der Waals surface area contributed by atoms with Crippen molar-refractivity contribution in [2.24, 2.45) is 0 Å². The molecule has 0 unspecified atom stereocenters.